The van der Waals surface area contributed by atoms with Crippen molar-refractivity contribution in [2.45, 2.75) is 413 Å². The zero-order valence-electron chi connectivity index (χ0n) is 62.0. The highest BCUT2D eigenvalue weighted by molar-refractivity contribution is 7.47. The maximum absolute atomic E-state index is 13.1. The zero-order valence-corrected chi connectivity index (χ0v) is 63.8. The molecule has 0 aliphatic rings. The number of hydrogen-bond donors (Lipinski definition) is 3. The summed E-state index contributed by atoms with van der Waals surface area (Å²) in [6, 6.07) is 0. The number of aliphatic hydroxyl groups is 1. The van der Waals surface area contributed by atoms with E-state index in [1.807, 2.05) is 0 Å². The maximum Gasteiger partial charge on any atom is 0.472 e. The van der Waals surface area contributed by atoms with Crippen molar-refractivity contribution in [3.8, 4) is 0 Å². The number of carbonyl (C=O) groups is 4. The second kappa shape index (κ2) is 67.9. The van der Waals surface area contributed by atoms with Crippen LogP contribution in [0.2, 0.25) is 0 Å². The molecule has 0 fully saturated rings. The van der Waals surface area contributed by atoms with Crippen LogP contribution < -0.4 is 0 Å². The van der Waals surface area contributed by atoms with Gasteiger partial charge < -0.3 is 33.8 Å². The SMILES string of the molecule is CCCCCCCCCCCCCCCCCCCCCC(=O)O[C@H](COC(=O)CCCCCCCCCCCCCC(C)C)COP(=O)(O)OC[C@@H](O)COP(=O)(O)OC[C@@H](COC(=O)CCCCCCCCCCCCC)OC(=O)CCCCCCCCCCC(C)C. The van der Waals surface area contributed by atoms with Crippen LogP contribution >= 0.6 is 15.6 Å². The van der Waals surface area contributed by atoms with Crippen LogP contribution in [0.5, 0.6) is 0 Å². The molecule has 0 rings (SSSR count). The number of carbonyl (C=O) groups excluding carboxylic acids is 4. The summed E-state index contributed by atoms with van der Waals surface area (Å²) in [7, 11) is -9.91. The van der Waals surface area contributed by atoms with E-state index in [1.165, 1.54) is 212 Å². The van der Waals surface area contributed by atoms with E-state index in [4.69, 9.17) is 37.0 Å². The number of phosphoric acid groups is 2. The van der Waals surface area contributed by atoms with Gasteiger partial charge in [-0.2, -0.15) is 0 Å². The second-order valence-electron chi connectivity index (χ2n) is 28.3. The van der Waals surface area contributed by atoms with E-state index in [-0.39, 0.29) is 25.7 Å². The van der Waals surface area contributed by atoms with Gasteiger partial charge in [-0.15, -0.1) is 0 Å². The van der Waals surface area contributed by atoms with E-state index in [1.54, 1.807) is 0 Å². The van der Waals surface area contributed by atoms with Crippen molar-refractivity contribution in [2.75, 3.05) is 39.6 Å². The molecular formula is C76H148O17P2. The monoisotopic (exact) mass is 1400 g/mol. The lowest BCUT2D eigenvalue weighted by Crippen LogP contribution is -2.30. The van der Waals surface area contributed by atoms with Crippen LogP contribution in [-0.4, -0.2) is 96.7 Å². The van der Waals surface area contributed by atoms with Gasteiger partial charge in [0.15, 0.2) is 12.2 Å². The first-order chi connectivity index (χ1) is 45.9. The molecule has 0 heterocycles. The molecule has 2 unspecified atom stereocenters. The fourth-order valence-electron chi connectivity index (χ4n) is 11.7. The quantitative estimate of drug-likeness (QED) is 0.0222. The van der Waals surface area contributed by atoms with E-state index in [2.05, 4.69) is 41.5 Å². The molecule has 0 aliphatic carbocycles. The van der Waals surface area contributed by atoms with Crippen LogP contribution in [0.15, 0.2) is 0 Å². The van der Waals surface area contributed by atoms with Crippen molar-refractivity contribution in [1.29, 1.82) is 0 Å². The molecular weight excluding hydrogens is 1250 g/mol. The van der Waals surface area contributed by atoms with Crippen LogP contribution in [0, 0.1) is 11.8 Å². The minimum Gasteiger partial charge on any atom is -0.462 e. The molecule has 0 aromatic heterocycles. The average Bonchev–Trinajstić information content (AvgIpc) is 2.77. The van der Waals surface area contributed by atoms with E-state index >= 15 is 0 Å². The summed E-state index contributed by atoms with van der Waals surface area (Å²) in [5.74, 6) is -0.627. The molecule has 0 amide bonds. The van der Waals surface area contributed by atoms with E-state index in [9.17, 15) is 43.2 Å². The van der Waals surface area contributed by atoms with Gasteiger partial charge in [-0.25, -0.2) is 9.13 Å². The lowest BCUT2D eigenvalue weighted by Gasteiger charge is -2.21. The van der Waals surface area contributed by atoms with Crippen molar-refractivity contribution < 1.29 is 80.2 Å². The van der Waals surface area contributed by atoms with E-state index < -0.39 is 97.5 Å². The first kappa shape index (κ1) is 93.1. The smallest absolute Gasteiger partial charge is 0.462 e. The molecule has 564 valence electrons. The Bertz CT molecular complexity index is 1840. The van der Waals surface area contributed by atoms with Crippen LogP contribution in [0.4, 0.5) is 0 Å². The van der Waals surface area contributed by atoms with Gasteiger partial charge in [0.25, 0.3) is 0 Å². The number of aliphatic hydroxyl groups excluding tert-OH is 1. The number of ether oxygens (including phenoxy) is 4. The van der Waals surface area contributed by atoms with Gasteiger partial charge in [-0.05, 0) is 37.5 Å². The Kier molecular flexibility index (Phi) is 66.5. The number of hydrogen-bond acceptors (Lipinski definition) is 15. The van der Waals surface area contributed by atoms with E-state index in [0.29, 0.717) is 25.7 Å². The highest BCUT2D eigenvalue weighted by Gasteiger charge is 2.30. The molecule has 0 bridgehead atoms. The fraction of sp³-hybridized carbons (Fsp3) is 0.947. The summed E-state index contributed by atoms with van der Waals surface area (Å²) < 4.78 is 68.5. The van der Waals surface area contributed by atoms with E-state index in [0.717, 1.165) is 102 Å². The molecule has 17 nitrogen and oxygen atoms in total. The molecule has 0 aromatic carbocycles. The maximum atomic E-state index is 13.1. The summed E-state index contributed by atoms with van der Waals surface area (Å²) in [5, 5.41) is 10.6. The topological polar surface area (TPSA) is 237 Å². The lowest BCUT2D eigenvalue weighted by atomic mass is 10.0. The molecule has 0 radical (unpaired) electrons. The summed E-state index contributed by atoms with van der Waals surface area (Å²) in [5.41, 5.74) is 0. The molecule has 0 saturated carbocycles. The third-order valence-electron chi connectivity index (χ3n) is 17.7. The third kappa shape index (κ3) is 70.3. The van der Waals surface area contributed by atoms with Crippen molar-refractivity contribution in [3.63, 3.8) is 0 Å². The van der Waals surface area contributed by atoms with Crippen molar-refractivity contribution in [1.82, 2.24) is 0 Å². The summed E-state index contributed by atoms with van der Waals surface area (Å²) >= 11 is 0. The second-order valence-corrected chi connectivity index (χ2v) is 31.3. The molecule has 0 spiro atoms. The summed E-state index contributed by atoms with van der Waals surface area (Å²) in [6.45, 7) is 9.56. The van der Waals surface area contributed by atoms with Gasteiger partial charge in [-0.1, -0.05) is 343 Å². The molecule has 0 saturated heterocycles. The van der Waals surface area contributed by atoms with Gasteiger partial charge in [0, 0.05) is 25.7 Å². The number of esters is 4. The van der Waals surface area contributed by atoms with Gasteiger partial charge >= 0.3 is 39.5 Å². The van der Waals surface area contributed by atoms with Gasteiger partial charge in [-0.3, -0.25) is 37.3 Å². The molecule has 0 aromatic rings. The first-order valence-corrected chi connectivity index (χ1v) is 42.5. The Morgan fingerprint density at radius 3 is 0.716 bits per heavy atom. The molecule has 0 aliphatic heterocycles. The van der Waals surface area contributed by atoms with Crippen LogP contribution in [0.25, 0.3) is 0 Å². The standard InChI is InChI=1S/C76H148O17P2/c1-7-9-11-13-15-17-19-20-21-22-23-24-25-26-30-35-42-48-54-60-75(80)92-71(64-87-74(79)59-53-47-41-34-31-27-29-32-38-44-50-56-68(3)4)66-90-94(82,83)88-62-70(77)63-89-95(84,85)91-67-72(93-76(81)61-55-49-43-37-36-39-45-51-57-69(5)6)65-86-73(78)58-52-46-40-33-28-18-16-14-12-10-8-2/h68-72,77H,7-67H2,1-6H3,(H,82,83)(H,84,85)/t70-,71-,72-/m1/s1. The van der Waals surface area contributed by atoms with Crippen molar-refractivity contribution >= 4 is 39.5 Å². The lowest BCUT2D eigenvalue weighted by molar-refractivity contribution is -0.161. The minimum absolute atomic E-state index is 0.105. The number of rotatable bonds is 75. The molecule has 5 atom stereocenters. The summed E-state index contributed by atoms with van der Waals surface area (Å²) in [4.78, 5) is 72.8. The van der Waals surface area contributed by atoms with Crippen molar-refractivity contribution in [2.24, 2.45) is 11.8 Å². The number of phosphoric ester groups is 2. The Morgan fingerprint density at radius 2 is 0.484 bits per heavy atom. The number of unbranched alkanes of at least 4 members (excludes halogenated alkanes) is 45. The average molecular weight is 1400 g/mol. The zero-order chi connectivity index (χ0) is 70.0. The van der Waals surface area contributed by atoms with Gasteiger partial charge in [0.2, 0.25) is 0 Å². The first-order valence-electron chi connectivity index (χ1n) is 39.5. The highest BCUT2D eigenvalue weighted by atomic mass is 31.2. The highest BCUT2D eigenvalue weighted by Crippen LogP contribution is 2.45. The Balaban J connectivity index is 5.23. The predicted octanol–water partition coefficient (Wildman–Crippen LogP) is 22.3. The van der Waals surface area contributed by atoms with Gasteiger partial charge in [0.1, 0.15) is 19.3 Å². The Labute approximate surface area is 581 Å². The normalized spacial score (nSPS) is 14.0. The minimum atomic E-state index is -4.96. The van der Waals surface area contributed by atoms with Crippen LogP contribution in [0.3, 0.4) is 0 Å². The van der Waals surface area contributed by atoms with Crippen molar-refractivity contribution in [3.05, 3.63) is 0 Å². The van der Waals surface area contributed by atoms with Crippen LogP contribution in [0.1, 0.15) is 395 Å². The van der Waals surface area contributed by atoms with Crippen LogP contribution in [-0.2, 0) is 65.4 Å². The summed E-state index contributed by atoms with van der Waals surface area (Å²) in [6.07, 6.45) is 55.5. The largest absolute Gasteiger partial charge is 0.472 e. The molecule has 19 heteroatoms. The fourth-order valence-corrected chi connectivity index (χ4v) is 13.2. The predicted molar refractivity (Wildman–Crippen MR) is 386 cm³/mol. The molecule has 3 N–H and O–H groups in total. The van der Waals surface area contributed by atoms with Gasteiger partial charge in [0.05, 0.1) is 26.4 Å². The third-order valence-corrected chi connectivity index (χ3v) is 19.6. The Morgan fingerprint density at radius 1 is 0.284 bits per heavy atom. The molecule has 95 heavy (non-hydrogen) atoms. The Hall–Kier alpha value is -1.94.